The molecule has 0 radical (unpaired) electrons. The Balaban J connectivity index is 1.80. The summed E-state index contributed by atoms with van der Waals surface area (Å²) in [6, 6.07) is 6.49. The van der Waals surface area contributed by atoms with Gasteiger partial charge in [0.25, 0.3) is 0 Å². The minimum absolute atomic E-state index is 0.0715. The molecule has 1 aromatic heterocycles. The number of hydrogen-bond donors (Lipinski definition) is 10. The molecule has 2 aliphatic heterocycles. The lowest BCUT2D eigenvalue weighted by Crippen LogP contribution is -2.55. The van der Waals surface area contributed by atoms with Crippen LogP contribution in [-0.4, -0.2) is 107 Å². The number of aliphatic hydroxyl groups excluding tert-OH is 6. The topological polar surface area (TPSA) is 251 Å². The van der Waals surface area contributed by atoms with E-state index in [0.29, 0.717) is 5.56 Å². The van der Waals surface area contributed by atoms with Gasteiger partial charge >= 0.3 is 0 Å². The fourth-order valence-corrected chi connectivity index (χ4v) is 5.12. The summed E-state index contributed by atoms with van der Waals surface area (Å²) in [4.78, 5) is 13.4. The van der Waals surface area contributed by atoms with Crippen molar-refractivity contribution >= 4 is 11.0 Å². The first-order valence-corrected chi connectivity index (χ1v) is 12.2. The highest BCUT2D eigenvalue weighted by Gasteiger charge is 2.52. The molecule has 14 heteroatoms. The Morgan fingerprint density at radius 1 is 0.875 bits per heavy atom. The molecule has 3 heterocycles. The summed E-state index contributed by atoms with van der Waals surface area (Å²) in [5.41, 5.74) is -4.34. The largest absolute Gasteiger partial charge is 0.508 e. The molecule has 216 valence electrons. The zero-order chi connectivity index (χ0) is 29.1. The maximum absolute atomic E-state index is 13.4. The number of benzene rings is 2. The SMILES string of the molecule is O=c1cc(-c2ccc(O)cc2)oc2c([C@@H]3OC[C@@](O)(CO)[C@@H]3O)c(O)c([C@@H]3O[C@H](CO)[C@@H](O)[C@H](O)[C@H]3O)c(O)c12. The number of fused-ring (bicyclic) bond motifs is 1. The predicted molar refractivity (Wildman–Crippen MR) is 132 cm³/mol. The van der Waals surface area contributed by atoms with Gasteiger partial charge in [-0.25, -0.2) is 0 Å². The number of hydrogen-bond acceptors (Lipinski definition) is 14. The Hall–Kier alpha value is -3.31. The summed E-state index contributed by atoms with van der Waals surface area (Å²) in [5.74, 6) is -2.01. The van der Waals surface area contributed by atoms with Crippen LogP contribution < -0.4 is 5.43 Å². The molecule has 40 heavy (non-hydrogen) atoms. The van der Waals surface area contributed by atoms with Crippen LogP contribution >= 0.6 is 0 Å². The lowest BCUT2D eigenvalue weighted by Gasteiger charge is -2.40. The van der Waals surface area contributed by atoms with E-state index >= 15 is 0 Å². The molecule has 2 aromatic carbocycles. The Bertz CT molecular complexity index is 1470. The van der Waals surface area contributed by atoms with E-state index in [1.54, 1.807) is 0 Å². The standard InChI is InChI=1S/C26H28O14/c27-6-13-17(31)20(34)21(35)23(40-13)15-18(32)14-11(30)5-12(9-1-3-10(29)4-2-9)39-22(14)16(19(15)33)24-25(36)26(37,7-28)8-38-24/h1-5,13,17,20-21,23-25,27-29,31-37H,6-8H2/t13-,17-,20+,21-,23+,24+,25-,26+/m1/s1. The van der Waals surface area contributed by atoms with Crippen molar-refractivity contribution < 1.29 is 65.0 Å². The molecule has 2 fully saturated rings. The summed E-state index contributed by atoms with van der Waals surface area (Å²) in [6.07, 6.45) is -12.4. The fraction of sp³-hybridized carbons (Fsp3) is 0.423. The van der Waals surface area contributed by atoms with E-state index in [0.717, 1.165) is 6.07 Å². The van der Waals surface area contributed by atoms with E-state index in [-0.39, 0.29) is 11.5 Å². The first-order chi connectivity index (χ1) is 18.9. The lowest BCUT2D eigenvalue weighted by molar-refractivity contribution is -0.232. The molecule has 0 spiro atoms. The highest BCUT2D eigenvalue weighted by Crippen LogP contribution is 2.51. The number of aromatic hydroxyl groups is 3. The van der Waals surface area contributed by atoms with E-state index in [9.17, 15) is 55.9 Å². The second-order valence-corrected chi connectivity index (χ2v) is 9.94. The first-order valence-electron chi connectivity index (χ1n) is 12.2. The summed E-state index contributed by atoms with van der Waals surface area (Å²) in [5, 5.41) is 104. The molecule has 2 aliphatic rings. The second-order valence-electron chi connectivity index (χ2n) is 9.94. The zero-order valence-corrected chi connectivity index (χ0v) is 20.7. The van der Waals surface area contributed by atoms with Gasteiger partial charge in [-0.15, -0.1) is 0 Å². The van der Waals surface area contributed by atoms with Gasteiger partial charge in [0.1, 0.15) is 76.7 Å². The molecule has 8 atom stereocenters. The first kappa shape index (κ1) is 28.2. The van der Waals surface area contributed by atoms with Crippen molar-refractivity contribution in [1.82, 2.24) is 0 Å². The van der Waals surface area contributed by atoms with Crippen molar-refractivity contribution in [3.05, 3.63) is 51.7 Å². The van der Waals surface area contributed by atoms with Crippen LogP contribution in [0.25, 0.3) is 22.3 Å². The van der Waals surface area contributed by atoms with E-state index in [1.807, 2.05) is 0 Å². The fourth-order valence-electron chi connectivity index (χ4n) is 5.12. The molecule has 0 bridgehead atoms. The number of phenolic OH excluding ortho intramolecular Hbond substituents is 3. The van der Waals surface area contributed by atoms with Crippen LogP contribution in [0.2, 0.25) is 0 Å². The number of aliphatic hydroxyl groups is 7. The third-order valence-corrected chi connectivity index (χ3v) is 7.43. The van der Waals surface area contributed by atoms with E-state index in [1.165, 1.54) is 24.3 Å². The third-order valence-electron chi connectivity index (χ3n) is 7.43. The van der Waals surface area contributed by atoms with Gasteiger partial charge in [0, 0.05) is 11.6 Å². The summed E-state index contributed by atoms with van der Waals surface area (Å²) < 4.78 is 16.9. The quantitative estimate of drug-likeness (QED) is 0.165. The lowest BCUT2D eigenvalue weighted by atomic mass is 9.86. The Morgan fingerprint density at radius 2 is 1.55 bits per heavy atom. The molecular formula is C26H28O14. The molecular weight excluding hydrogens is 536 g/mol. The van der Waals surface area contributed by atoms with Gasteiger partial charge in [-0.05, 0) is 24.3 Å². The Labute approximate surface area is 224 Å². The zero-order valence-electron chi connectivity index (χ0n) is 20.7. The number of ether oxygens (including phenoxy) is 2. The van der Waals surface area contributed by atoms with Crippen LogP contribution in [0.4, 0.5) is 0 Å². The summed E-state index contributed by atoms with van der Waals surface area (Å²) >= 11 is 0. The minimum Gasteiger partial charge on any atom is -0.508 e. The van der Waals surface area contributed by atoms with Crippen molar-refractivity contribution in [2.45, 2.75) is 48.3 Å². The van der Waals surface area contributed by atoms with E-state index in [2.05, 4.69) is 0 Å². The highest BCUT2D eigenvalue weighted by atomic mass is 16.6. The maximum Gasteiger partial charge on any atom is 0.197 e. The average Bonchev–Trinajstić information content (AvgIpc) is 3.22. The van der Waals surface area contributed by atoms with E-state index < -0.39 is 107 Å². The van der Waals surface area contributed by atoms with Gasteiger partial charge in [0.2, 0.25) is 0 Å². The van der Waals surface area contributed by atoms with Crippen molar-refractivity contribution in [2.24, 2.45) is 0 Å². The smallest absolute Gasteiger partial charge is 0.197 e. The van der Waals surface area contributed by atoms with Gasteiger partial charge in [0.15, 0.2) is 11.0 Å². The van der Waals surface area contributed by atoms with Gasteiger partial charge in [0.05, 0.1) is 30.9 Å². The van der Waals surface area contributed by atoms with Crippen molar-refractivity contribution in [2.75, 3.05) is 19.8 Å². The minimum atomic E-state index is -2.18. The van der Waals surface area contributed by atoms with Gasteiger partial charge < -0.3 is 65.0 Å². The summed E-state index contributed by atoms with van der Waals surface area (Å²) in [6.45, 7) is -2.37. The maximum atomic E-state index is 13.4. The molecule has 14 nitrogen and oxygen atoms in total. The van der Waals surface area contributed by atoms with Gasteiger partial charge in [-0.1, -0.05) is 0 Å². The van der Waals surface area contributed by atoms with Gasteiger partial charge in [-0.3, -0.25) is 4.79 Å². The average molecular weight is 564 g/mol. The molecule has 0 saturated carbocycles. The third kappa shape index (κ3) is 4.30. The van der Waals surface area contributed by atoms with Crippen LogP contribution in [-0.2, 0) is 9.47 Å². The molecule has 5 rings (SSSR count). The molecule has 3 aromatic rings. The number of phenols is 3. The van der Waals surface area contributed by atoms with Crippen molar-refractivity contribution in [3.8, 4) is 28.6 Å². The molecule has 2 saturated heterocycles. The molecule has 0 unspecified atom stereocenters. The van der Waals surface area contributed by atoms with Crippen LogP contribution in [0.15, 0.2) is 39.5 Å². The number of rotatable bonds is 5. The monoisotopic (exact) mass is 564 g/mol. The normalized spacial score (nSPS) is 32.5. The summed E-state index contributed by atoms with van der Waals surface area (Å²) in [7, 11) is 0. The second kappa shape index (κ2) is 10.3. The Morgan fingerprint density at radius 3 is 2.15 bits per heavy atom. The predicted octanol–water partition coefficient (Wildman–Crippen LogP) is -1.75. The molecule has 0 amide bonds. The van der Waals surface area contributed by atoms with E-state index in [4.69, 9.17) is 13.9 Å². The van der Waals surface area contributed by atoms with Crippen LogP contribution in [0.1, 0.15) is 23.3 Å². The van der Waals surface area contributed by atoms with Gasteiger partial charge in [-0.2, -0.15) is 0 Å². The van der Waals surface area contributed by atoms with Crippen LogP contribution in [0.3, 0.4) is 0 Å². The molecule has 0 aliphatic carbocycles. The Kier molecular flexibility index (Phi) is 7.24. The van der Waals surface area contributed by atoms with Crippen molar-refractivity contribution in [3.63, 3.8) is 0 Å². The van der Waals surface area contributed by atoms with Crippen molar-refractivity contribution in [1.29, 1.82) is 0 Å². The highest BCUT2D eigenvalue weighted by molar-refractivity contribution is 5.92. The molecule has 10 N–H and O–H groups in total. The van der Waals surface area contributed by atoms with Crippen LogP contribution in [0, 0.1) is 0 Å². The van der Waals surface area contributed by atoms with Crippen LogP contribution in [0.5, 0.6) is 17.2 Å².